The van der Waals surface area contributed by atoms with Crippen LogP contribution in [0.25, 0.3) is 0 Å². The number of amides is 1. The minimum Gasteiger partial charge on any atom is -0.447 e. The second-order valence-corrected chi connectivity index (χ2v) is 19.2. The molecule has 2 aliphatic heterocycles. The Labute approximate surface area is 394 Å². The van der Waals surface area contributed by atoms with E-state index in [1.54, 1.807) is 24.0 Å². The molecule has 0 radical (unpaired) electrons. The van der Waals surface area contributed by atoms with Crippen LogP contribution in [0.1, 0.15) is 96.3 Å². The number of halogens is 3. The molecule has 0 saturated carbocycles. The molecule has 3 aromatic heterocycles. The molecule has 5 aromatic rings. The van der Waals surface area contributed by atoms with Crippen LogP contribution in [0.2, 0.25) is 0 Å². The second-order valence-electron chi connectivity index (χ2n) is 17.2. The number of benzene rings is 2. The van der Waals surface area contributed by atoms with Crippen molar-refractivity contribution in [3.8, 4) is 0 Å². The first-order chi connectivity index (χ1) is 32.4. The van der Waals surface area contributed by atoms with Gasteiger partial charge in [0.25, 0.3) is 0 Å². The molecule has 2 saturated heterocycles. The van der Waals surface area contributed by atoms with E-state index in [1.807, 2.05) is 34.6 Å². The normalized spacial score (nSPS) is 15.0. The summed E-state index contributed by atoms with van der Waals surface area (Å²) < 4.78 is 77.5. The van der Waals surface area contributed by atoms with E-state index in [-0.39, 0.29) is 51.7 Å². The summed E-state index contributed by atoms with van der Waals surface area (Å²) in [6, 6.07) is 9.25. The van der Waals surface area contributed by atoms with E-state index in [0.29, 0.717) is 55.4 Å². The summed E-state index contributed by atoms with van der Waals surface area (Å²) in [6.07, 6.45) is 6.88. The molecule has 22 heteroatoms. The van der Waals surface area contributed by atoms with E-state index in [4.69, 9.17) is 15.0 Å². The topological polar surface area (TPSA) is 223 Å². The largest absolute Gasteiger partial charge is 0.447 e. The minimum absolute atomic E-state index is 0.0500. The first kappa shape index (κ1) is 50.8. The Morgan fingerprint density at radius 2 is 1.54 bits per heavy atom. The second kappa shape index (κ2) is 22.9. The number of ether oxygens (including phenoxy) is 1. The van der Waals surface area contributed by atoms with Crippen LogP contribution in [0.4, 0.5) is 52.6 Å². The molecule has 4 N–H and O–H groups in total. The van der Waals surface area contributed by atoms with Gasteiger partial charge in [-0.1, -0.05) is 19.0 Å². The van der Waals surface area contributed by atoms with E-state index >= 15 is 0 Å². The van der Waals surface area contributed by atoms with Crippen LogP contribution in [-0.4, -0.2) is 113 Å². The number of hydrogen-bond donors (Lipinski definition) is 3. The quantitative estimate of drug-likeness (QED) is 0.0669. The molecule has 2 aromatic carbocycles. The first-order valence-corrected chi connectivity index (χ1v) is 24.6. The number of anilines is 6. The van der Waals surface area contributed by atoms with Crippen molar-refractivity contribution in [1.29, 1.82) is 0 Å². The number of aliphatic imine (C=N–C) groups is 1. The van der Waals surface area contributed by atoms with Gasteiger partial charge in [-0.3, -0.25) is 4.99 Å². The highest BCUT2D eigenvalue weighted by Gasteiger charge is 2.28. The smallest absolute Gasteiger partial charge is 0.410 e. The van der Waals surface area contributed by atoms with E-state index < -0.39 is 27.3 Å². The van der Waals surface area contributed by atoms with Crippen molar-refractivity contribution in [1.82, 2.24) is 35.0 Å². The fourth-order valence-corrected chi connectivity index (χ4v) is 8.28. The van der Waals surface area contributed by atoms with Crippen LogP contribution in [0.5, 0.6) is 0 Å². The molecule has 0 aliphatic carbocycles. The van der Waals surface area contributed by atoms with Crippen LogP contribution in [-0.2, 0) is 14.6 Å². The molecule has 5 heterocycles. The van der Waals surface area contributed by atoms with Crippen molar-refractivity contribution < 1.29 is 35.6 Å². The zero-order chi connectivity index (χ0) is 49.1. The number of hydrogen-bond acceptors (Lipinski definition) is 16. The Morgan fingerprint density at radius 3 is 2.16 bits per heavy atom. The maximum absolute atomic E-state index is 14.7. The average Bonchev–Trinajstić information content (AvgIpc) is 3.81. The van der Waals surface area contributed by atoms with Crippen molar-refractivity contribution in [2.24, 2.45) is 16.6 Å². The van der Waals surface area contributed by atoms with Gasteiger partial charge >= 0.3 is 6.09 Å². The number of sulfone groups is 1. The lowest BCUT2D eigenvalue weighted by atomic mass is 9.96. The first-order valence-electron chi connectivity index (χ1n) is 22.7. The Morgan fingerprint density at radius 1 is 0.882 bits per heavy atom. The fraction of sp³-hybridized carbons (Fsp3) is 0.478. The molecule has 7 rings (SSSR count). The van der Waals surface area contributed by atoms with Crippen molar-refractivity contribution >= 4 is 56.4 Å². The number of nitrogens with zero attached hydrogens (tertiary/aromatic N) is 10. The highest BCUT2D eigenvalue weighted by Crippen LogP contribution is 2.31. The SMILES string of the molecule is CC(C)c1noc(C2CCN(c3cc(Nc4ccc(S(C)(=O)=O)cc4F)ncn3)CC2)n1.CCN=C(N)c1cc(F)c(Nc2cc(N(CC)CC3CCN(C(=O)OC(C)C)CC3)ncn2)cc1F. The molecular formula is C46H60F3N13O5S. The Bertz CT molecular complexity index is 2640. The number of carbonyl (C=O) groups is 1. The summed E-state index contributed by atoms with van der Waals surface area (Å²) >= 11 is 0. The van der Waals surface area contributed by atoms with Gasteiger partial charge in [-0.25, -0.2) is 46.3 Å². The van der Waals surface area contributed by atoms with E-state index in [2.05, 4.69) is 55.5 Å². The molecule has 2 fully saturated rings. The predicted octanol–water partition coefficient (Wildman–Crippen LogP) is 7.96. The van der Waals surface area contributed by atoms with E-state index in [0.717, 1.165) is 81.4 Å². The highest BCUT2D eigenvalue weighted by molar-refractivity contribution is 7.90. The standard InChI is InChI=1S/C25H35F2N7O2.C21H25FN6O3S/c1-5-29-24(28)18-11-20(27)21(12-19(18)26)32-22-13-23(31-15-30-22)33(6-2)14-17-7-9-34(10-8-17)25(35)36-16(3)4;1-13(2)20-26-21(31-27-20)14-6-8-28(9-7-14)19-11-18(23-12-24-19)25-17-5-4-15(10-16(17)22)32(3,29)30/h11-13,15-17H,5-10,14H2,1-4H3,(H2,28,29)(H,30,31,32);4-5,10-14H,6-9H2,1-3H3,(H,23,24,25). The third-order valence-corrected chi connectivity index (χ3v) is 12.5. The zero-order valence-corrected chi connectivity index (χ0v) is 40.2. The fourth-order valence-electron chi connectivity index (χ4n) is 7.65. The maximum Gasteiger partial charge on any atom is 0.410 e. The van der Waals surface area contributed by atoms with Crippen molar-refractivity contribution in [2.45, 2.75) is 90.1 Å². The molecule has 0 bridgehead atoms. The van der Waals surface area contributed by atoms with Gasteiger partial charge in [0.1, 0.15) is 59.2 Å². The van der Waals surface area contributed by atoms with Gasteiger partial charge in [0.15, 0.2) is 15.7 Å². The molecule has 18 nitrogen and oxygen atoms in total. The van der Waals surface area contributed by atoms with Crippen LogP contribution < -0.4 is 26.2 Å². The lowest BCUT2D eigenvalue weighted by molar-refractivity contribution is 0.0657. The lowest BCUT2D eigenvalue weighted by Crippen LogP contribution is -2.42. The maximum atomic E-state index is 14.7. The molecule has 2 aliphatic rings. The number of nitrogens with one attached hydrogen (secondary N) is 2. The average molecular weight is 964 g/mol. The van der Waals surface area contributed by atoms with Crippen LogP contribution in [0, 0.1) is 23.4 Å². The summed E-state index contributed by atoms with van der Waals surface area (Å²) in [6.45, 7) is 16.2. The van der Waals surface area contributed by atoms with Crippen LogP contribution in [0.3, 0.4) is 0 Å². The van der Waals surface area contributed by atoms with Crippen molar-refractivity contribution in [3.05, 3.63) is 89.8 Å². The predicted molar refractivity (Wildman–Crippen MR) is 254 cm³/mol. The number of rotatable bonds is 15. The summed E-state index contributed by atoms with van der Waals surface area (Å²) in [4.78, 5) is 43.6. The molecule has 0 spiro atoms. The summed E-state index contributed by atoms with van der Waals surface area (Å²) in [7, 11) is -3.48. The Kier molecular flexibility index (Phi) is 17.2. The van der Waals surface area contributed by atoms with Crippen molar-refractivity contribution in [2.75, 3.05) is 72.5 Å². The summed E-state index contributed by atoms with van der Waals surface area (Å²) in [5, 5.41) is 9.79. The number of carbonyl (C=O) groups excluding carboxylic acids is 1. The molecule has 0 atom stereocenters. The molecule has 366 valence electrons. The Hall–Kier alpha value is -6.58. The van der Waals surface area contributed by atoms with Gasteiger partial charge in [0.2, 0.25) is 5.89 Å². The van der Waals surface area contributed by atoms with Crippen LogP contribution >= 0.6 is 0 Å². The van der Waals surface area contributed by atoms with Crippen LogP contribution in [0.15, 0.2) is 69.5 Å². The number of nitrogens with two attached hydrogens (primary N) is 1. The monoisotopic (exact) mass is 963 g/mol. The number of likely N-dealkylation sites (tertiary alicyclic amines) is 1. The molecule has 0 unspecified atom stereocenters. The lowest BCUT2D eigenvalue weighted by Gasteiger charge is -2.34. The summed E-state index contributed by atoms with van der Waals surface area (Å²) in [5.41, 5.74) is 5.73. The van der Waals surface area contributed by atoms with Gasteiger partial charge in [0, 0.05) is 82.1 Å². The van der Waals surface area contributed by atoms with Gasteiger partial charge in [-0.2, -0.15) is 4.98 Å². The molecular weight excluding hydrogens is 904 g/mol. The van der Waals surface area contributed by atoms with Gasteiger partial charge in [-0.15, -0.1) is 0 Å². The zero-order valence-electron chi connectivity index (χ0n) is 39.4. The van der Waals surface area contributed by atoms with Gasteiger partial charge in [-0.05, 0) is 83.6 Å². The van der Waals surface area contributed by atoms with E-state index in [1.165, 1.54) is 24.8 Å². The number of aromatic nitrogens is 6. The molecule has 68 heavy (non-hydrogen) atoms. The van der Waals surface area contributed by atoms with Gasteiger partial charge < -0.3 is 40.3 Å². The number of piperidine rings is 2. The summed E-state index contributed by atoms with van der Waals surface area (Å²) in [5.74, 6) is 2.33. The molecule has 1 amide bonds. The van der Waals surface area contributed by atoms with Crippen molar-refractivity contribution in [3.63, 3.8) is 0 Å². The third kappa shape index (κ3) is 13.5. The number of amidine groups is 1. The highest BCUT2D eigenvalue weighted by atomic mass is 32.2. The third-order valence-electron chi connectivity index (χ3n) is 11.4. The Balaban J connectivity index is 0.000000225. The van der Waals surface area contributed by atoms with Gasteiger partial charge in [0.05, 0.1) is 27.9 Å². The minimum atomic E-state index is -3.48. The van der Waals surface area contributed by atoms with E-state index in [9.17, 15) is 26.4 Å².